The van der Waals surface area contributed by atoms with E-state index in [0.717, 1.165) is 6.54 Å². The van der Waals surface area contributed by atoms with Gasteiger partial charge in [0.1, 0.15) is 0 Å². The molecule has 0 aromatic heterocycles. The van der Waals surface area contributed by atoms with Crippen LogP contribution in [0.1, 0.15) is 6.42 Å². The number of rotatable bonds is 0. The molecular formula is C6H10N4. The van der Waals surface area contributed by atoms with E-state index in [1.54, 1.807) is 0 Å². The molecule has 10 heavy (non-hydrogen) atoms. The van der Waals surface area contributed by atoms with Crippen LogP contribution < -0.4 is 10.9 Å². The van der Waals surface area contributed by atoms with Crippen molar-refractivity contribution >= 4 is 0 Å². The Kier molecular flexibility index (Phi) is 0.817. The number of nitrogens with zero attached hydrogens (tertiary/aromatic N) is 2. The lowest BCUT2D eigenvalue weighted by atomic mass is 10.0. The maximum atomic E-state index is 4.20. The Morgan fingerprint density at radius 2 is 2.10 bits per heavy atom. The summed E-state index contributed by atoms with van der Waals surface area (Å²) < 4.78 is 0. The summed E-state index contributed by atoms with van der Waals surface area (Å²) in [5.74, 6) is 0.700. The van der Waals surface area contributed by atoms with Gasteiger partial charge in [-0.25, -0.2) is 0 Å². The van der Waals surface area contributed by atoms with Crippen molar-refractivity contribution in [3.8, 4) is 0 Å². The molecule has 1 saturated carbocycles. The molecule has 2 N–H and O–H groups in total. The van der Waals surface area contributed by atoms with Gasteiger partial charge in [-0.15, -0.1) is 0 Å². The Bertz CT molecular complexity index is 190. The van der Waals surface area contributed by atoms with E-state index >= 15 is 0 Å². The molecule has 4 unspecified atom stereocenters. The fourth-order valence-electron chi connectivity index (χ4n) is 2.29. The second-order valence-corrected chi connectivity index (χ2v) is 3.33. The number of hydrogen-bond donors (Lipinski definition) is 2. The van der Waals surface area contributed by atoms with Crippen LogP contribution in [-0.4, -0.2) is 24.7 Å². The minimum Gasteiger partial charge on any atom is -0.254 e. The number of azo groups is 1. The first-order valence-corrected chi connectivity index (χ1v) is 3.83. The van der Waals surface area contributed by atoms with Crippen molar-refractivity contribution < 1.29 is 0 Å². The van der Waals surface area contributed by atoms with Gasteiger partial charge >= 0.3 is 0 Å². The Morgan fingerprint density at radius 1 is 1.20 bits per heavy atom. The fraction of sp³-hybridized carbons (Fsp3) is 1.00. The van der Waals surface area contributed by atoms with E-state index in [1.165, 1.54) is 6.42 Å². The van der Waals surface area contributed by atoms with Gasteiger partial charge in [0.25, 0.3) is 0 Å². The van der Waals surface area contributed by atoms with Crippen molar-refractivity contribution in [3.63, 3.8) is 0 Å². The summed E-state index contributed by atoms with van der Waals surface area (Å²) in [7, 11) is 0. The lowest BCUT2D eigenvalue weighted by Gasteiger charge is -2.22. The van der Waals surface area contributed by atoms with Crippen molar-refractivity contribution in [3.05, 3.63) is 0 Å². The van der Waals surface area contributed by atoms with Gasteiger partial charge in [0.2, 0.25) is 0 Å². The SMILES string of the molecule is C1C2NNC1C1N=NCC21. The Balaban J connectivity index is 1.97. The van der Waals surface area contributed by atoms with Crippen molar-refractivity contribution in [1.29, 1.82) is 0 Å². The predicted molar refractivity (Wildman–Crippen MR) is 35.5 cm³/mol. The van der Waals surface area contributed by atoms with Crippen LogP contribution in [0.4, 0.5) is 0 Å². The van der Waals surface area contributed by atoms with Gasteiger partial charge in [-0.05, 0) is 6.42 Å². The van der Waals surface area contributed by atoms with Crippen molar-refractivity contribution in [2.24, 2.45) is 16.1 Å². The average Bonchev–Trinajstić information content (AvgIpc) is 2.60. The summed E-state index contributed by atoms with van der Waals surface area (Å²) in [4.78, 5) is 0. The first-order valence-electron chi connectivity index (χ1n) is 3.83. The average molecular weight is 138 g/mol. The zero-order valence-electron chi connectivity index (χ0n) is 5.62. The Labute approximate surface area is 59.1 Å². The summed E-state index contributed by atoms with van der Waals surface area (Å²) in [6, 6.07) is 1.71. The Morgan fingerprint density at radius 3 is 3.00 bits per heavy atom. The summed E-state index contributed by atoms with van der Waals surface area (Å²) in [5.41, 5.74) is 6.48. The van der Waals surface area contributed by atoms with Gasteiger partial charge in [0.15, 0.2) is 0 Å². The summed E-state index contributed by atoms with van der Waals surface area (Å²) >= 11 is 0. The van der Waals surface area contributed by atoms with Crippen LogP contribution in [0.5, 0.6) is 0 Å². The third kappa shape index (κ3) is 0.455. The normalized spacial score (nSPS) is 56.0. The highest BCUT2D eigenvalue weighted by Gasteiger charge is 2.49. The quantitative estimate of drug-likeness (QED) is 0.482. The van der Waals surface area contributed by atoms with E-state index in [4.69, 9.17) is 0 Å². The number of hydrazine groups is 1. The summed E-state index contributed by atoms with van der Waals surface area (Å²) in [6.07, 6.45) is 1.24. The van der Waals surface area contributed by atoms with Gasteiger partial charge in [-0.3, -0.25) is 10.9 Å². The predicted octanol–water partition coefficient (Wildman–Crippen LogP) is -0.314. The van der Waals surface area contributed by atoms with Crippen molar-refractivity contribution in [1.82, 2.24) is 10.9 Å². The minimum absolute atomic E-state index is 0.492. The molecule has 4 atom stereocenters. The monoisotopic (exact) mass is 138 g/mol. The van der Waals surface area contributed by atoms with E-state index in [-0.39, 0.29) is 0 Å². The van der Waals surface area contributed by atoms with Crippen LogP contribution >= 0.6 is 0 Å². The first kappa shape index (κ1) is 5.21. The lowest BCUT2D eigenvalue weighted by molar-refractivity contribution is 0.321. The smallest absolute Gasteiger partial charge is 0.0936 e. The first-order chi connectivity index (χ1) is 4.95. The second kappa shape index (κ2) is 1.57. The maximum Gasteiger partial charge on any atom is 0.0936 e. The molecule has 2 heterocycles. The summed E-state index contributed by atoms with van der Waals surface area (Å²) in [5, 5.41) is 8.26. The van der Waals surface area contributed by atoms with E-state index in [0.29, 0.717) is 24.0 Å². The van der Waals surface area contributed by atoms with Crippen LogP contribution in [0.15, 0.2) is 10.2 Å². The summed E-state index contributed by atoms with van der Waals surface area (Å²) in [6.45, 7) is 0.945. The van der Waals surface area contributed by atoms with Crippen LogP contribution in [-0.2, 0) is 0 Å². The molecule has 2 bridgehead atoms. The maximum absolute atomic E-state index is 4.20. The van der Waals surface area contributed by atoms with E-state index in [1.807, 2.05) is 0 Å². The molecule has 0 radical (unpaired) electrons. The molecule has 3 aliphatic rings. The number of hydrogen-bond acceptors (Lipinski definition) is 4. The molecule has 4 nitrogen and oxygen atoms in total. The standard InChI is InChI=1S/C6H10N4/c1-4-3-2-7-10-6(3)5(1)9-8-4/h3-6,8-9H,1-2H2. The third-order valence-corrected chi connectivity index (χ3v) is 2.84. The number of fused-ring (bicyclic) bond motifs is 5. The van der Waals surface area contributed by atoms with Crippen LogP contribution in [0, 0.1) is 5.92 Å². The highest BCUT2D eigenvalue weighted by molar-refractivity contribution is 5.08. The van der Waals surface area contributed by atoms with E-state index in [2.05, 4.69) is 21.1 Å². The molecule has 3 rings (SSSR count). The van der Waals surface area contributed by atoms with Crippen LogP contribution in [0.2, 0.25) is 0 Å². The van der Waals surface area contributed by atoms with E-state index in [9.17, 15) is 0 Å². The molecule has 54 valence electrons. The molecule has 1 saturated heterocycles. The largest absolute Gasteiger partial charge is 0.254 e. The molecule has 0 aromatic rings. The Hall–Kier alpha value is -0.480. The van der Waals surface area contributed by atoms with Gasteiger partial charge in [0.05, 0.1) is 12.6 Å². The molecular weight excluding hydrogens is 128 g/mol. The van der Waals surface area contributed by atoms with Crippen molar-refractivity contribution in [2.75, 3.05) is 6.54 Å². The molecule has 1 aliphatic carbocycles. The highest BCUT2D eigenvalue weighted by atomic mass is 15.5. The third-order valence-electron chi connectivity index (χ3n) is 2.84. The van der Waals surface area contributed by atoms with Gasteiger partial charge in [-0.1, -0.05) is 0 Å². The van der Waals surface area contributed by atoms with Crippen molar-refractivity contribution in [2.45, 2.75) is 24.5 Å². The number of nitrogens with one attached hydrogen (secondary N) is 2. The zero-order valence-corrected chi connectivity index (χ0v) is 5.62. The lowest BCUT2D eigenvalue weighted by Crippen LogP contribution is -2.50. The topological polar surface area (TPSA) is 48.8 Å². The van der Waals surface area contributed by atoms with Crippen LogP contribution in [0.25, 0.3) is 0 Å². The van der Waals surface area contributed by atoms with E-state index < -0.39 is 0 Å². The van der Waals surface area contributed by atoms with Gasteiger partial charge in [-0.2, -0.15) is 10.2 Å². The molecule has 0 aromatic carbocycles. The van der Waals surface area contributed by atoms with Gasteiger partial charge in [0, 0.05) is 18.0 Å². The molecule has 2 fully saturated rings. The molecule has 4 heteroatoms. The highest BCUT2D eigenvalue weighted by Crippen LogP contribution is 2.36. The molecule has 0 spiro atoms. The zero-order chi connectivity index (χ0) is 6.55. The minimum atomic E-state index is 0.492. The molecule has 0 amide bonds. The van der Waals surface area contributed by atoms with Crippen LogP contribution in [0.3, 0.4) is 0 Å². The van der Waals surface area contributed by atoms with Gasteiger partial charge < -0.3 is 0 Å². The second-order valence-electron chi connectivity index (χ2n) is 3.33. The fourth-order valence-corrected chi connectivity index (χ4v) is 2.29. The molecule has 2 aliphatic heterocycles.